The highest BCUT2D eigenvalue weighted by Gasteiger charge is 2.21. The van der Waals surface area contributed by atoms with Gasteiger partial charge >= 0.3 is 0 Å². The SMILES string of the molecule is Cc1ncc(CN2CCN(C)CC2C)s1. The van der Waals surface area contributed by atoms with Crippen molar-refractivity contribution in [3.63, 3.8) is 0 Å². The van der Waals surface area contributed by atoms with Crippen LogP contribution < -0.4 is 0 Å². The maximum atomic E-state index is 4.30. The lowest BCUT2D eigenvalue weighted by Crippen LogP contribution is -2.49. The fourth-order valence-electron chi connectivity index (χ4n) is 2.09. The molecule has 0 aliphatic carbocycles. The van der Waals surface area contributed by atoms with Gasteiger partial charge in [-0.15, -0.1) is 11.3 Å². The van der Waals surface area contributed by atoms with E-state index < -0.39 is 0 Å². The van der Waals surface area contributed by atoms with Crippen molar-refractivity contribution in [3.05, 3.63) is 16.1 Å². The van der Waals surface area contributed by atoms with E-state index >= 15 is 0 Å². The Hall–Kier alpha value is -0.450. The molecule has 1 fully saturated rings. The van der Waals surface area contributed by atoms with Crippen molar-refractivity contribution in [2.24, 2.45) is 0 Å². The van der Waals surface area contributed by atoms with Crippen LogP contribution in [0.5, 0.6) is 0 Å². The first-order chi connectivity index (χ1) is 7.15. The number of hydrogen-bond acceptors (Lipinski definition) is 4. The monoisotopic (exact) mass is 225 g/mol. The lowest BCUT2D eigenvalue weighted by atomic mass is 10.2. The van der Waals surface area contributed by atoms with Gasteiger partial charge in [-0.2, -0.15) is 0 Å². The third-order valence-electron chi connectivity index (χ3n) is 3.00. The number of thiazole rings is 1. The second kappa shape index (κ2) is 4.60. The number of aryl methyl sites for hydroxylation is 1. The van der Waals surface area contributed by atoms with Crippen molar-refractivity contribution >= 4 is 11.3 Å². The van der Waals surface area contributed by atoms with E-state index in [1.807, 2.05) is 17.5 Å². The van der Waals surface area contributed by atoms with E-state index in [9.17, 15) is 0 Å². The summed E-state index contributed by atoms with van der Waals surface area (Å²) >= 11 is 1.82. The fourth-order valence-corrected chi connectivity index (χ4v) is 2.91. The molecule has 1 saturated heterocycles. The molecule has 0 saturated carbocycles. The quantitative estimate of drug-likeness (QED) is 0.762. The van der Waals surface area contributed by atoms with Crippen molar-refractivity contribution in [2.45, 2.75) is 26.4 Å². The van der Waals surface area contributed by atoms with E-state index in [1.54, 1.807) is 0 Å². The molecular formula is C11H19N3S. The standard InChI is InChI=1S/C11H19N3S/c1-9-7-13(3)4-5-14(9)8-11-6-12-10(2)15-11/h6,9H,4-5,7-8H2,1-3H3. The summed E-state index contributed by atoms with van der Waals surface area (Å²) < 4.78 is 0. The Balaban J connectivity index is 1.94. The zero-order chi connectivity index (χ0) is 10.8. The van der Waals surface area contributed by atoms with E-state index in [4.69, 9.17) is 0 Å². The van der Waals surface area contributed by atoms with Crippen molar-refractivity contribution in [1.29, 1.82) is 0 Å². The summed E-state index contributed by atoms with van der Waals surface area (Å²) in [7, 11) is 2.20. The number of likely N-dealkylation sites (N-methyl/N-ethyl adjacent to an activating group) is 1. The molecule has 0 aromatic carbocycles. The number of piperazine rings is 1. The van der Waals surface area contributed by atoms with Gasteiger partial charge in [-0.1, -0.05) is 0 Å². The molecule has 0 radical (unpaired) electrons. The molecule has 2 rings (SSSR count). The molecule has 1 unspecified atom stereocenters. The van der Waals surface area contributed by atoms with Gasteiger partial charge in [0, 0.05) is 43.3 Å². The van der Waals surface area contributed by atoms with Crippen LogP contribution in [0.3, 0.4) is 0 Å². The molecule has 1 atom stereocenters. The minimum absolute atomic E-state index is 0.658. The van der Waals surface area contributed by atoms with Gasteiger partial charge in [0.25, 0.3) is 0 Å². The topological polar surface area (TPSA) is 19.4 Å². The Morgan fingerprint density at radius 2 is 2.33 bits per heavy atom. The average molecular weight is 225 g/mol. The van der Waals surface area contributed by atoms with Crippen molar-refractivity contribution in [3.8, 4) is 0 Å². The van der Waals surface area contributed by atoms with Crippen LogP contribution >= 0.6 is 11.3 Å². The summed E-state index contributed by atoms with van der Waals surface area (Å²) in [5.41, 5.74) is 0. The van der Waals surface area contributed by atoms with Crippen molar-refractivity contribution in [2.75, 3.05) is 26.7 Å². The molecule has 0 amide bonds. The highest BCUT2D eigenvalue weighted by atomic mass is 32.1. The van der Waals surface area contributed by atoms with Crippen LogP contribution in [0.4, 0.5) is 0 Å². The van der Waals surface area contributed by atoms with Crippen LogP contribution in [0.1, 0.15) is 16.8 Å². The summed E-state index contributed by atoms with van der Waals surface area (Å²) in [6.45, 7) is 8.99. The van der Waals surface area contributed by atoms with Gasteiger partial charge < -0.3 is 4.90 Å². The largest absolute Gasteiger partial charge is 0.304 e. The van der Waals surface area contributed by atoms with Gasteiger partial charge in [-0.25, -0.2) is 4.98 Å². The number of aromatic nitrogens is 1. The highest BCUT2D eigenvalue weighted by Crippen LogP contribution is 2.17. The first kappa shape index (κ1) is 11.0. The average Bonchev–Trinajstić information content (AvgIpc) is 2.56. The second-order valence-corrected chi connectivity index (χ2v) is 5.75. The maximum absolute atomic E-state index is 4.30. The Morgan fingerprint density at radius 3 is 2.93 bits per heavy atom. The maximum Gasteiger partial charge on any atom is 0.0897 e. The third kappa shape index (κ3) is 2.77. The minimum atomic E-state index is 0.658. The molecular weight excluding hydrogens is 206 g/mol. The van der Waals surface area contributed by atoms with Gasteiger partial charge in [0.15, 0.2) is 0 Å². The van der Waals surface area contributed by atoms with Crippen LogP contribution in [0.15, 0.2) is 6.20 Å². The molecule has 1 aliphatic heterocycles. The lowest BCUT2D eigenvalue weighted by Gasteiger charge is -2.37. The zero-order valence-electron chi connectivity index (χ0n) is 9.73. The molecule has 0 bridgehead atoms. The highest BCUT2D eigenvalue weighted by molar-refractivity contribution is 7.11. The molecule has 3 nitrogen and oxygen atoms in total. The second-order valence-electron chi connectivity index (χ2n) is 4.43. The summed E-state index contributed by atoms with van der Waals surface area (Å²) in [5.74, 6) is 0. The van der Waals surface area contributed by atoms with Gasteiger partial charge in [0.05, 0.1) is 5.01 Å². The molecule has 84 valence electrons. The Morgan fingerprint density at radius 1 is 1.53 bits per heavy atom. The first-order valence-electron chi connectivity index (χ1n) is 5.49. The molecule has 0 N–H and O–H groups in total. The normalized spacial score (nSPS) is 24.6. The van der Waals surface area contributed by atoms with E-state index in [1.165, 1.54) is 29.5 Å². The van der Waals surface area contributed by atoms with E-state index in [0.717, 1.165) is 6.54 Å². The fraction of sp³-hybridized carbons (Fsp3) is 0.727. The molecule has 1 aliphatic rings. The van der Waals surface area contributed by atoms with E-state index in [0.29, 0.717) is 6.04 Å². The van der Waals surface area contributed by atoms with Crippen LogP contribution in [-0.2, 0) is 6.54 Å². The smallest absolute Gasteiger partial charge is 0.0897 e. The van der Waals surface area contributed by atoms with Crippen LogP contribution in [0.2, 0.25) is 0 Å². The van der Waals surface area contributed by atoms with Crippen LogP contribution in [-0.4, -0.2) is 47.5 Å². The first-order valence-corrected chi connectivity index (χ1v) is 6.30. The molecule has 15 heavy (non-hydrogen) atoms. The molecule has 1 aromatic rings. The van der Waals surface area contributed by atoms with Crippen molar-refractivity contribution in [1.82, 2.24) is 14.8 Å². The lowest BCUT2D eigenvalue weighted by molar-refractivity contribution is 0.0947. The number of hydrogen-bond donors (Lipinski definition) is 0. The molecule has 2 heterocycles. The predicted octanol–water partition coefficient (Wildman–Crippen LogP) is 1.59. The summed E-state index contributed by atoms with van der Waals surface area (Å²) in [6, 6.07) is 0.658. The van der Waals surface area contributed by atoms with Crippen LogP contribution in [0, 0.1) is 6.92 Å². The van der Waals surface area contributed by atoms with Crippen LogP contribution in [0.25, 0.3) is 0 Å². The van der Waals surface area contributed by atoms with Gasteiger partial charge in [-0.3, -0.25) is 4.90 Å². The van der Waals surface area contributed by atoms with E-state index in [2.05, 4.69) is 35.7 Å². The van der Waals surface area contributed by atoms with Gasteiger partial charge in [0.1, 0.15) is 0 Å². The third-order valence-corrected chi connectivity index (χ3v) is 3.89. The zero-order valence-corrected chi connectivity index (χ0v) is 10.5. The number of nitrogens with zero attached hydrogens (tertiary/aromatic N) is 3. The van der Waals surface area contributed by atoms with Crippen molar-refractivity contribution < 1.29 is 0 Å². The van der Waals surface area contributed by atoms with Gasteiger partial charge in [-0.05, 0) is 20.9 Å². The summed E-state index contributed by atoms with van der Waals surface area (Å²) in [4.78, 5) is 10.6. The summed E-state index contributed by atoms with van der Waals surface area (Å²) in [5, 5.41) is 1.17. The Labute approximate surface area is 95.7 Å². The molecule has 1 aromatic heterocycles. The summed E-state index contributed by atoms with van der Waals surface area (Å²) in [6.07, 6.45) is 2.02. The van der Waals surface area contributed by atoms with E-state index in [-0.39, 0.29) is 0 Å². The predicted molar refractivity (Wildman–Crippen MR) is 64.2 cm³/mol. The molecule has 0 spiro atoms. The Kier molecular flexibility index (Phi) is 3.38. The minimum Gasteiger partial charge on any atom is -0.304 e. The number of rotatable bonds is 2. The van der Waals surface area contributed by atoms with Gasteiger partial charge in [0.2, 0.25) is 0 Å². The molecule has 4 heteroatoms. The Bertz CT molecular complexity index is 323.